The topological polar surface area (TPSA) is 97.8 Å². The van der Waals surface area contributed by atoms with Gasteiger partial charge in [0.2, 0.25) is 0 Å². The monoisotopic (exact) mass is 572 g/mol. The maximum Gasteiger partial charge on any atom is 0.295 e. The highest BCUT2D eigenvalue weighted by Crippen LogP contribution is 2.43. The minimum Gasteiger partial charge on any atom is -0.507 e. The van der Waals surface area contributed by atoms with Gasteiger partial charge in [-0.3, -0.25) is 9.59 Å². The summed E-state index contributed by atoms with van der Waals surface area (Å²) in [5, 5.41) is 11.5. The lowest BCUT2D eigenvalue weighted by molar-refractivity contribution is -0.139. The Morgan fingerprint density at radius 3 is 2.45 bits per heavy atom. The Morgan fingerprint density at radius 1 is 0.952 bits per heavy atom. The van der Waals surface area contributed by atoms with Gasteiger partial charge in [-0.05, 0) is 75.4 Å². The fraction of sp³-hybridized carbons (Fsp3) is 0.333. The minimum absolute atomic E-state index is 0.0157. The second-order valence-electron chi connectivity index (χ2n) is 10.4. The van der Waals surface area contributed by atoms with Gasteiger partial charge in [0, 0.05) is 12.1 Å². The summed E-state index contributed by atoms with van der Waals surface area (Å²) in [6.07, 6.45) is 0.650. The standard InChI is InChI=1S/C33H36N2O7/c1-4-39-27-19-23(11-13-26(27)42-21-22-9-6-5-7-10-22)30-29(32(37)33(38)35(30)16-8-15-34(2)3)31(36)24-12-14-25-28(20-24)41-18-17-40-25/h5-7,9-14,19-20,30,36H,4,8,15-18,21H2,1-3H3/b31-29+/t30-/m0/s1. The smallest absolute Gasteiger partial charge is 0.295 e. The van der Waals surface area contributed by atoms with Gasteiger partial charge in [-0.15, -0.1) is 0 Å². The highest BCUT2D eigenvalue weighted by molar-refractivity contribution is 6.46. The van der Waals surface area contributed by atoms with Crippen molar-refractivity contribution in [3.8, 4) is 23.0 Å². The number of fused-ring (bicyclic) bond motifs is 1. The molecule has 1 fully saturated rings. The molecule has 0 aliphatic carbocycles. The van der Waals surface area contributed by atoms with E-state index in [1.807, 2.05) is 62.3 Å². The normalized spacial score (nSPS) is 17.5. The van der Waals surface area contributed by atoms with Crippen molar-refractivity contribution in [1.82, 2.24) is 9.80 Å². The number of hydrogen-bond acceptors (Lipinski definition) is 8. The number of likely N-dealkylation sites (tertiary alicyclic amines) is 1. The third-order valence-electron chi connectivity index (χ3n) is 7.18. The molecule has 0 saturated carbocycles. The van der Waals surface area contributed by atoms with Crippen LogP contribution >= 0.6 is 0 Å². The molecule has 2 heterocycles. The summed E-state index contributed by atoms with van der Waals surface area (Å²) in [6.45, 7) is 4.51. The molecule has 0 spiro atoms. The van der Waals surface area contributed by atoms with E-state index >= 15 is 0 Å². The van der Waals surface area contributed by atoms with Crippen LogP contribution in [0.15, 0.2) is 72.3 Å². The summed E-state index contributed by atoms with van der Waals surface area (Å²) >= 11 is 0. The molecule has 0 radical (unpaired) electrons. The van der Waals surface area contributed by atoms with Crippen molar-refractivity contribution in [2.24, 2.45) is 0 Å². The van der Waals surface area contributed by atoms with Gasteiger partial charge in [0.1, 0.15) is 25.6 Å². The van der Waals surface area contributed by atoms with Crippen molar-refractivity contribution in [1.29, 1.82) is 0 Å². The molecule has 9 heteroatoms. The van der Waals surface area contributed by atoms with Crippen LogP contribution in [0, 0.1) is 0 Å². The number of hydrogen-bond donors (Lipinski definition) is 1. The molecule has 0 aromatic heterocycles. The molecule has 1 N–H and O–H groups in total. The molecular formula is C33H36N2O7. The van der Waals surface area contributed by atoms with Crippen molar-refractivity contribution in [3.05, 3.63) is 89.0 Å². The molecule has 2 aliphatic rings. The van der Waals surface area contributed by atoms with Crippen LogP contribution < -0.4 is 18.9 Å². The van der Waals surface area contributed by atoms with Crippen molar-refractivity contribution >= 4 is 17.4 Å². The van der Waals surface area contributed by atoms with Crippen LogP contribution in [0.5, 0.6) is 23.0 Å². The highest BCUT2D eigenvalue weighted by Gasteiger charge is 2.46. The van der Waals surface area contributed by atoms with Crippen LogP contribution in [-0.4, -0.2) is 73.6 Å². The number of ether oxygens (including phenoxy) is 4. The molecule has 5 rings (SSSR count). The van der Waals surface area contributed by atoms with Crippen molar-refractivity contribution in [2.75, 3.05) is 47.0 Å². The molecular weight excluding hydrogens is 536 g/mol. The maximum atomic E-state index is 13.5. The van der Waals surface area contributed by atoms with Crippen LogP contribution in [0.4, 0.5) is 0 Å². The second-order valence-corrected chi connectivity index (χ2v) is 10.4. The van der Waals surface area contributed by atoms with Gasteiger partial charge in [0.15, 0.2) is 23.0 Å². The SMILES string of the molecule is CCOc1cc([C@H]2/C(=C(\O)c3ccc4c(c3)OCCO4)C(=O)C(=O)N2CCCN(C)C)ccc1OCc1ccccc1. The van der Waals surface area contributed by atoms with E-state index in [1.54, 1.807) is 30.3 Å². The number of amides is 1. The number of carbonyl (C=O) groups is 2. The lowest BCUT2D eigenvalue weighted by atomic mass is 9.94. The zero-order chi connectivity index (χ0) is 29.6. The largest absolute Gasteiger partial charge is 0.507 e. The number of benzene rings is 3. The summed E-state index contributed by atoms with van der Waals surface area (Å²) in [5.41, 5.74) is 2.02. The average Bonchev–Trinajstić information content (AvgIpc) is 3.25. The molecule has 220 valence electrons. The van der Waals surface area contributed by atoms with Crippen LogP contribution in [0.25, 0.3) is 5.76 Å². The van der Waals surface area contributed by atoms with E-state index in [2.05, 4.69) is 0 Å². The van der Waals surface area contributed by atoms with Gasteiger partial charge in [0.05, 0.1) is 18.2 Å². The summed E-state index contributed by atoms with van der Waals surface area (Å²) in [6, 6.07) is 19.4. The van der Waals surface area contributed by atoms with Gasteiger partial charge in [-0.25, -0.2) is 0 Å². The van der Waals surface area contributed by atoms with E-state index in [4.69, 9.17) is 18.9 Å². The van der Waals surface area contributed by atoms with Gasteiger partial charge in [-0.2, -0.15) is 0 Å². The van der Waals surface area contributed by atoms with Crippen molar-refractivity contribution in [3.63, 3.8) is 0 Å². The Morgan fingerprint density at radius 2 is 1.71 bits per heavy atom. The molecule has 1 amide bonds. The first-order valence-electron chi connectivity index (χ1n) is 14.1. The second kappa shape index (κ2) is 13.0. The van der Waals surface area contributed by atoms with Crippen molar-refractivity contribution < 1.29 is 33.6 Å². The number of aliphatic hydroxyl groups excluding tert-OH is 1. The fourth-order valence-electron chi connectivity index (χ4n) is 5.18. The molecule has 1 saturated heterocycles. The van der Waals surface area contributed by atoms with Gasteiger partial charge >= 0.3 is 0 Å². The lowest BCUT2D eigenvalue weighted by Crippen LogP contribution is -2.32. The minimum atomic E-state index is -0.817. The molecule has 2 aliphatic heterocycles. The number of aliphatic hydroxyl groups is 1. The summed E-state index contributed by atoms with van der Waals surface area (Å²) in [7, 11) is 3.91. The Kier molecular flexibility index (Phi) is 8.97. The first-order chi connectivity index (χ1) is 20.4. The Hall–Kier alpha value is -4.50. The van der Waals surface area contributed by atoms with Crippen molar-refractivity contribution in [2.45, 2.75) is 26.0 Å². The van der Waals surface area contributed by atoms with E-state index in [-0.39, 0.29) is 11.3 Å². The Balaban J connectivity index is 1.55. The zero-order valence-corrected chi connectivity index (χ0v) is 24.2. The van der Waals surface area contributed by atoms with Gasteiger partial charge < -0.3 is 33.9 Å². The summed E-state index contributed by atoms with van der Waals surface area (Å²) in [5.74, 6) is 0.407. The molecule has 42 heavy (non-hydrogen) atoms. The quantitative estimate of drug-likeness (QED) is 0.199. The first-order valence-corrected chi connectivity index (χ1v) is 14.1. The number of ketones is 1. The maximum absolute atomic E-state index is 13.5. The van der Waals surface area contributed by atoms with Crippen LogP contribution in [-0.2, 0) is 16.2 Å². The first kappa shape index (κ1) is 29.0. The summed E-state index contributed by atoms with van der Waals surface area (Å²) in [4.78, 5) is 30.5. The molecule has 9 nitrogen and oxygen atoms in total. The van der Waals surface area contributed by atoms with E-state index in [1.165, 1.54) is 4.90 Å². The van der Waals surface area contributed by atoms with E-state index in [0.29, 0.717) is 73.5 Å². The van der Waals surface area contributed by atoms with Crippen LogP contribution in [0.3, 0.4) is 0 Å². The van der Waals surface area contributed by atoms with E-state index < -0.39 is 17.7 Å². The molecule has 3 aromatic carbocycles. The average molecular weight is 573 g/mol. The van der Waals surface area contributed by atoms with Crippen LogP contribution in [0.1, 0.15) is 36.1 Å². The van der Waals surface area contributed by atoms with Crippen LogP contribution in [0.2, 0.25) is 0 Å². The molecule has 3 aromatic rings. The van der Waals surface area contributed by atoms with E-state index in [0.717, 1.165) is 12.1 Å². The zero-order valence-electron chi connectivity index (χ0n) is 24.2. The third kappa shape index (κ3) is 6.21. The predicted octanol–water partition coefficient (Wildman–Crippen LogP) is 4.81. The Labute approximate surface area is 245 Å². The molecule has 0 unspecified atom stereocenters. The predicted molar refractivity (Wildman–Crippen MR) is 158 cm³/mol. The van der Waals surface area contributed by atoms with Gasteiger partial charge in [-0.1, -0.05) is 36.4 Å². The third-order valence-corrected chi connectivity index (χ3v) is 7.18. The Bertz CT molecular complexity index is 1470. The molecule has 0 bridgehead atoms. The molecule has 1 atom stereocenters. The summed E-state index contributed by atoms with van der Waals surface area (Å²) < 4.78 is 23.3. The number of Topliss-reactive ketones (excluding diaryl/α,β-unsaturated/α-hetero) is 1. The lowest BCUT2D eigenvalue weighted by Gasteiger charge is -2.27. The fourth-order valence-corrected chi connectivity index (χ4v) is 5.18. The highest BCUT2D eigenvalue weighted by atomic mass is 16.6. The number of rotatable bonds is 11. The van der Waals surface area contributed by atoms with E-state index in [9.17, 15) is 14.7 Å². The number of carbonyl (C=O) groups excluding carboxylic acids is 2. The van der Waals surface area contributed by atoms with Gasteiger partial charge in [0.25, 0.3) is 11.7 Å². The number of nitrogens with zero attached hydrogens (tertiary/aromatic N) is 2.